The van der Waals surface area contributed by atoms with Gasteiger partial charge in [-0.05, 0) is 31.2 Å². The molecule has 0 bridgehead atoms. The molecule has 2 aromatic heterocycles. The van der Waals surface area contributed by atoms with E-state index in [9.17, 15) is 13.2 Å². The first-order chi connectivity index (χ1) is 13.8. The summed E-state index contributed by atoms with van der Waals surface area (Å²) in [5.74, 6) is -1.22. The zero-order valence-electron chi connectivity index (χ0n) is 15.5. The van der Waals surface area contributed by atoms with E-state index < -0.39 is 12.1 Å². The van der Waals surface area contributed by atoms with Crippen LogP contribution >= 0.6 is 0 Å². The van der Waals surface area contributed by atoms with Gasteiger partial charge in [0.1, 0.15) is 5.69 Å². The minimum absolute atomic E-state index is 0.551. The quantitative estimate of drug-likeness (QED) is 0.792. The summed E-state index contributed by atoms with van der Waals surface area (Å²) in [7, 11) is 0. The van der Waals surface area contributed by atoms with Crippen molar-refractivity contribution in [3.05, 3.63) is 29.8 Å². The molecule has 1 saturated carbocycles. The summed E-state index contributed by atoms with van der Waals surface area (Å²) in [6.45, 7) is 3.94. The van der Waals surface area contributed by atoms with E-state index in [0.29, 0.717) is 6.61 Å². The Morgan fingerprint density at radius 2 is 1.93 bits per heavy atom. The summed E-state index contributed by atoms with van der Waals surface area (Å²) < 4.78 is 39.5. The molecule has 12 heteroatoms. The van der Waals surface area contributed by atoms with Crippen LogP contribution in [-0.4, -0.2) is 55.4 Å². The second-order valence-electron chi connectivity index (χ2n) is 6.79. The molecule has 4 rings (SSSR count). The molecule has 1 aliphatic carbocycles. The van der Waals surface area contributed by atoms with E-state index in [-0.39, 0.29) is 0 Å². The number of carboxylic acids is 1. The molecule has 0 unspecified atom stereocenters. The lowest BCUT2D eigenvalue weighted by atomic mass is 10.3. The highest BCUT2D eigenvalue weighted by Gasteiger charge is 2.38. The number of hydrogen-bond donors (Lipinski definition) is 1. The van der Waals surface area contributed by atoms with Crippen LogP contribution in [0.1, 0.15) is 30.7 Å². The molecule has 2 aliphatic rings. The molecule has 1 N–H and O–H groups in total. The molecule has 0 atom stereocenters. The molecule has 9 nitrogen and oxygen atoms in total. The molecule has 0 amide bonds. The predicted molar refractivity (Wildman–Crippen MR) is 93.8 cm³/mol. The highest BCUT2D eigenvalue weighted by atomic mass is 19.4. The van der Waals surface area contributed by atoms with Crippen LogP contribution in [0.15, 0.2) is 18.5 Å². The van der Waals surface area contributed by atoms with E-state index in [0.717, 1.165) is 55.9 Å². The highest BCUT2D eigenvalue weighted by Crippen LogP contribution is 2.29. The van der Waals surface area contributed by atoms with Gasteiger partial charge < -0.3 is 14.7 Å². The average Bonchev–Trinajstić information content (AvgIpc) is 3.47. The molecule has 2 aromatic rings. The fourth-order valence-corrected chi connectivity index (χ4v) is 2.74. The molecule has 1 fully saturated rings. The number of rotatable bonds is 5. The van der Waals surface area contributed by atoms with Gasteiger partial charge in [-0.15, -0.1) is 5.10 Å². The number of ether oxygens (including phenoxy) is 1. The number of halogens is 3. The van der Waals surface area contributed by atoms with Crippen molar-refractivity contribution >= 4 is 11.9 Å². The van der Waals surface area contributed by atoms with E-state index in [1.807, 2.05) is 10.7 Å². The zero-order chi connectivity index (χ0) is 20.9. The van der Waals surface area contributed by atoms with Crippen molar-refractivity contribution < 1.29 is 27.8 Å². The van der Waals surface area contributed by atoms with Gasteiger partial charge in [0.15, 0.2) is 0 Å². The summed E-state index contributed by atoms with van der Waals surface area (Å²) >= 11 is 0. The largest absolute Gasteiger partial charge is 0.490 e. The second kappa shape index (κ2) is 9.16. The summed E-state index contributed by atoms with van der Waals surface area (Å²) in [5.41, 5.74) is 2.07. The third-order valence-electron chi connectivity index (χ3n) is 4.42. The minimum Gasteiger partial charge on any atom is -0.475 e. The monoisotopic (exact) mass is 414 g/mol. The van der Waals surface area contributed by atoms with E-state index >= 15 is 0 Å². The molecule has 29 heavy (non-hydrogen) atoms. The van der Waals surface area contributed by atoms with Gasteiger partial charge in [0.2, 0.25) is 5.95 Å². The third kappa shape index (κ3) is 6.11. The Balaban J connectivity index is 0.000000298. The SMILES string of the molecule is O=C(O)C(F)(F)F.c1cnc(N2CCCn3nnc(COCC4CC4)c3C2)nc1. The van der Waals surface area contributed by atoms with Crippen LogP contribution in [0, 0.1) is 5.92 Å². The molecular formula is C17H21F3N6O3. The molecule has 0 radical (unpaired) electrons. The van der Waals surface area contributed by atoms with Gasteiger partial charge in [-0.1, -0.05) is 5.21 Å². The van der Waals surface area contributed by atoms with Gasteiger partial charge in [0.05, 0.1) is 18.8 Å². The maximum atomic E-state index is 10.6. The van der Waals surface area contributed by atoms with Crippen molar-refractivity contribution in [2.24, 2.45) is 5.92 Å². The third-order valence-corrected chi connectivity index (χ3v) is 4.42. The van der Waals surface area contributed by atoms with E-state index in [2.05, 4.69) is 25.2 Å². The maximum absolute atomic E-state index is 10.6. The summed E-state index contributed by atoms with van der Waals surface area (Å²) in [6, 6.07) is 1.84. The molecule has 0 aromatic carbocycles. The van der Waals surface area contributed by atoms with Crippen LogP contribution in [0.25, 0.3) is 0 Å². The summed E-state index contributed by atoms with van der Waals surface area (Å²) in [5, 5.41) is 15.7. The first-order valence-corrected chi connectivity index (χ1v) is 9.15. The van der Waals surface area contributed by atoms with E-state index in [1.54, 1.807) is 12.4 Å². The van der Waals surface area contributed by atoms with Crippen LogP contribution in [0.3, 0.4) is 0 Å². The van der Waals surface area contributed by atoms with Crippen LogP contribution in [0.5, 0.6) is 0 Å². The lowest BCUT2D eigenvalue weighted by Gasteiger charge is -2.19. The van der Waals surface area contributed by atoms with E-state index in [4.69, 9.17) is 14.6 Å². The zero-order valence-corrected chi connectivity index (χ0v) is 15.5. The van der Waals surface area contributed by atoms with Crippen LogP contribution < -0.4 is 4.90 Å². The second-order valence-corrected chi connectivity index (χ2v) is 6.79. The Morgan fingerprint density at radius 3 is 2.55 bits per heavy atom. The van der Waals surface area contributed by atoms with Gasteiger partial charge in [0.25, 0.3) is 0 Å². The Kier molecular flexibility index (Phi) is 6.62. The normalized spacial score (nSPS) is 16.4. The lowest BCUT2D eigenvalue weighted by Crippen LogP contribution is -2.25. The van der Waals surface area contributed by atoms with Gasteiger partial charge in [0, 0.05) is 32.1 Å². The standard InChI is InChI=1S/C15H20N6O.C2HF3O2/c1-5-16-15(17-6-1)20-7-2-8-21-14(9-20)13(18-19-21)11-22-10-12-3-4-12;3-2(4,5)1(6)7/h1,5-6,12H,2-4,7-11H2;(H,6,7). The van der Waals surface area contributed by atoms with Gasteiger partial charge >= 0.3 is 12.1 Å². The average molecular weight is 414 g/mol. The van der Waals surface area contributed by atoms with Crippen molar-refractivity contribution in [3.8, 4) is 0 Å². The van der Waals surface area contributed by atoms with Crippen molar-refractivity contribution in [1.82, 2.24) is 25.0 Å². The topological polar surface area (TPSA) is 106 Å². The van der Waals surface area contributed by atoms with Crippen LogP contribution in [-0.2, 0) is 29.2 Å². The van der Waals surface area contributed by atoms with Crippen molar-refractivity contribution in [2.75, 3.05) is 18.1 Å². The Hall–Kier alpha value is -2.76. The Labute approximate surface area is 164 Å². The number of nitrogens with zero attached hydrogens (tertiary/aromatic N) is 6. The Morgan fingerprint density at radius 1 is 1.24 bits per heavy atom. The highest BCUT2D eigenvalue weighted by molar-refractivity contribution is 5.73. The number of aryl methyl sites for hydroxylation is 1. The number of anilines is 1. The minimum atomic E-state index is -5.08. The lowest BCUT2D eigenvalue weighted by molar-refractivity contribution is -0.192. The fourth-order valence-electron chi connectivity index (χ4n) is 2.74. The first-order valence-electron chi connectivity index (χ1n) is 9.15. The van der Waals surface area contributed by atoms with Crippen LogP contribution in [0.4, 0.5) is 19.1 Å². The van der Waals surface area contributed by atoms with Gasteiger partial charge in [-0.3, -0.25) is 0 Å². The number of alkyl halides is 3. The summed E-state index contributed by atoms with van der Waals surface area (Å²) in [4.78, 5) is 19.8. The van der Waals surface area contributed by atoms with Gasteiger partial charge in [-0.25, -0.2) is 19.4 Å². The number of carbonyl (C=O) groups is 1. The Bertz CT molecular complexity index is 810. The molecule has 1 aliphatic heterocycles. The summed E-state index contributed by atoms with van der Waals surface area (Å²) in [6.07, 6.45) is 2.10. The van der Waals surface area contributed by atoms with Crippen molar-refractivity contribution in [1.29, 1.82) is 0 Å². The molecule has 0 saturated heterocycles. The number of aliphatic carboxylic acids is 1. The molecule has 3 heterocycles. The fraction of sp³-hybridized carbons (Fsp3) is 0.588. The first kappa shape index (κ1) is 21.0. The number of carboxylic acid groups (broad SMARTS) is 1. The maximum Gasteiger partial charge on any atom is 0.490 e. The smallest absolute Gasteiger partial charge is 0.475 e. The van der Waals surface area contributed by atoms with Crippen LogP contribution in [0.2, 0.25) is 0 Å². The number of hydrogen-bond acceptors (Lipinski definition) is 7. The molecule has 158 valence electrons. The molecule has 0 spiro atoms. The predicted octanol–water partition coefficient (Wildman–Crippen LogP) is 2.04. The van der Waals surface area contributed by atoms with Gasteiger partial charge in [-0.2, -0.15) is 13.2 Å². The number of fused-ring (bicyclic) bond motifs is 1. The van der Waals surface area contributed by atoms with Crippen molar-refractivity contribution in [3.63, 3.8) is 0 Å². The van der Waals surface area contributed by atoms with Crippen molar-refractivity contribution in [2.45, 2.75) is 45.1 Å². The molecular weight excluding hydrogens is 393 g/mol. The van der Waals surface area contributed by atoms with E-state index in [1.165, 1.54) is 12.8 Å². The number of aromatic nitrogens is 5.